The van der Waals surface area contributed by atoms with Gasteiger partial charge >= 0.3 is 5.69 Å². The normalized spacial score (nSPS) is 13.3. The molecule has 0 saturated heterocycles. The van der Waals surface area contributed by atoms with Crippen molar-refractivity contribution in [2.75, 3.05) is 5.43 Å². The Balaban J connectivity index is 3.14. The largest absolute Gasteiger partial charge is 0.310 e. The molecule has 0 aromatic carbocycles. The van der Waals surface area contributed by atoms with Gasteiger partial charge < -0.3 is 5.43 Å². The molecule has 4 N–H and O–H groups in total. The van der Waals surface area contributed by atoms with E-state index < -0.39 is 14.9 Å². The van der Waals surface area contributed by atoms with E-state index in [1.807, 2.05) is 6.92 Å². The zero-order valence-electron chi connectivity index (χ0n) is 9.84. The summed E-state index contributed by atoms with van der Waals surface area (Å²) in [6.07, 6.45) is 0.620. The lowest BCUT2D eigenvalue weighted by Crippen LogP contribution is -2.31. The van der Waals surface area contributed by atoms with Gasteiger partial charge in [-0.05, 0) is 13.3 Å². The predicted molar refractivity (Wildman–Crippen MR) is 68.9 cm³/mol. The van der Waals surface area contributed by atoms with Gasteiger partial charge in [0.15, 0.2) is 5.00 Å². The number of nitrogens with two attached hydrogens (primary N) is 1. The molecule has 0 aliphatic rings. The third kappa shape index (κ3) is 3.16. The van der Waals surface area contributed by atoms with Crippen molar-refractivity contribution in [2.24, 2.45) is 5.84 Å². The maximum atomic E-state index is 11.9. The highest BCUT2D eigenvalue weighted by molar-refractivity contribution is 7.91. The Kier molecular flexibility index (Phi) is 4.62. The number of hydrazine groups is 1. The molecule has 1 rings (SSSR count). The van der Waals surface area contributed by atoms with E-state index in [0.717, 1.165) is 17.4 Å². The van der Waals surface area contributed by atoms with Crippen LogP contribution in [0.5, 0.6) is 0 Å². The number of thiophene rings is 1. The van der Waals surface area contributed by atoms with E-state index >= 15 is 0 Å². The summed E-state index contributed by atoms with van der Waals surface area (Å²) < 4.78 is 26.1. The van der Waals surface area contributed by atoms with Crippen LogP contribution in [0.4, 0.5) is 10.7 Å². The van der Waals surface area contributed by atoms with Crippen molar-refractivity contribution in [3.05, 3.63) is 16.2 Å². The summed E-state index contributed by atoms with van der Waals surface area (Å²) in [5.74, 6) is 5.11. The minimum atomic E-state index is -3.75. The summed E-state index contributed by atoms with van der Waals surface area (Å²) in [5, 5.41) is 10.7. The van der Waals surface area contributed by atoms with Crippen LogP contribution in [0.3, 0.4) is 0 Å². The Morgan fingerprint density at radius 1 is 1.61 bits per heavy atom. The van der Waals surface area contributed by atoms with Crippen LogP contribution in [0, 0.1) is 10.1 Å². The predicted octanol–water partition coefficient (Wildman–Crippen LogP) is 1.02. The second-order valence-corrected chi connectivity index (χ2v) is 6.60. The first-order chi connectivity index (χ1) is 8.31. The molecule has 0 fully saturated rings. The van der Waals surface area contributed by atoms with Gasteiger partial charge in [0, 0.05) is 12.1 Å². The van der Waals surface area contributed by atoms with E-state index in [-0.39, 0.29) is 20.9 Å². The number of nitrogens with zero attached hydrogens (tertiary/aromatic N) is 1. The van der Waals surface area contributed by atoms with Gasteiger partial charge in [-0.2, -0.15) is 0 Å². The molecule has 1 aromatic rings. The molecule has 0 aliphatic carbocycles. The second-order valence-electron chi connectivity index (χ2n) is 3.61. The molecule has 0 amide bonds. The number of sulfonamides is 1. The number of rotatable bonds is 6. The summed E-state index contributed by atoms with van der Waals surface area (Å²) in [7, 11) is -3.75. The molecule has 18 heavy (non-hydrogen) atoms. The van der Waals surface area contributed by atoms with Crippen molar-refractivity contribution in [2.45, 2.75) is 30.5 Å². The number of hydrogen-bond donors (Lipinski definition) is 3. The quantitative estimate of drug-likeness (QED) is 0.408. The molecule has 0 bridgehead atoms. The van der Waals surface area contributed by atoms with Gasteiger partial charge in [0.1, 0.15) is 4.21 Å². The molecule has 0 saturated carbocycles. The number of hydrogen-bond acceptors (Lipinski definition) is 7. The minimum Gasteiger partial charge on any atom is -0.310 e. The summed E-state index contributed by atoms with van der Waals surface area (Å²) in [5.41, 5.74) is 1.77. The second kappa shape index (κ2) is 5.61. The Morgan fingerprint density at radius 3 is 2.61 bits per heavy atom. The average Bonchev–Trinajstić information content (AvgIpc) is 2.73. The first-order valence-corrected chi connectivity index (χ1v) is 7.39. The lowest BCUT2D eigenvalue weighted by Gasteiger charge is -2.09. The highest BCUT2D eigenvalue weighted by Crippen LogP contribution is 2.36. The van der Waals surface area contributed by atoms with Crippen molar-refractivity contribution < 1.29 is 13.3 Å². The maximum absolute atomic E-state index is 11.9. The molecule has 10 heteroatoms. The summed E-state index contributed by atoms with van der Waals surface area (Å²) in [4.78, 5) is 10.0. The minimum absolute atomic E-state index is 0.00419. The molecular weight excluding hydrogens is 280 g/mol. The summed E-state index contributed by atoms with van der Waals surface area (Å²) >= 11 is 0.719. The van der Waals surface area contributed by atoms with E-state index in [1.165, 1.54) is 0 Å². The topological polar surface area (TPSA) is 127 Å². The van der Waals surface area contributed by atoms with E-state index in [9.17, 15) is 18.5 Å². The van der Waals surface area contributed by atoms with Gasteiger partial charge in [0.05, 0.1) is 4.92 Å². The molecule has 102 valence electrons. The zero-order chi connectivity index (χ0) is 13.9. The van der Waals surface area contributed by atoms with Crippen LogP contribution in [-0.2, 0) is 10.0 Å². The van der Waals surface area contributed by atoms with E-state index in [2.05, 4.69) is 10.1 Å². The smallest absolute Gasteiger partial charge is 0.306 e. The van der Waals surface area contributed by atoms with Crippen LogP contribution < -0.4 is 16.0 Å². The number of nitro groups is 1. The first kappa shape index (κ1) is 14.8. The number of anilines is 1. The van der Waals surface area contributed by atoms with E-state index in [0.29, 0.717) is 6.42 Å². The Hall–Kier alpha value is -1.23. The van der Waals surface area contributed by atoms with Gasteiger partial charge in [0.2, 0.25) is 0 Å². The van der Waals surface area contributed by atoms with Crippen LogP contribution in [0.15, 0.2) is 10.3 Å². The van der Waals surface area contributed by atoms with Crippen LogP contribution in [-0.4, -0.2) is 19.4 Å². The first-order valence-electron chi connectivity index (χ1n) is 5.09. The van der Waals surface area contributed by atoms with Crippen molar-refractivity contribution in [3.8, 4) is 0 Å². The van der Waals surface area contributed by atoms with Crippen LogP contribution in [0.1, 0.15) is 20.3 Å². The standard InChI is InChI=1S/C8H14N4O4S2/c1-3-5(2)11-18(15,16)7-4-6(12(13)14)8(10-9)17-7/h4-5,10-11H,3,9H2,1-2H3. The van der Waals surface area contributed by atoms with Gasteiger partial charge in [0.25, 0.3) is 10.0 Å². The summed E-state index contributed by atoms with van der Waals surface area (Å²) in [6, 6.07) is 0.746. The molecule has 1 heterocycles. The van der Waals surface area contributed by atoms with Crippen molar-refractivity contribution in [1.82, 2.24) is 4.72 Å². The van der Waals surface area contributed by atoms with Gasteiger partial charge in [-0.15, -0.1) is 0 Å². The third-order valence-electron chi connectivity index (χ3n) is 2.25. The fraction of sp³-hybridized carbons (Fsp3) is 0.500. The number of nitrogen functional groups attached to an aromatic ring is 1. The fourth-order valence-corrected chi connectivity index (χ4v) is 3.72. The SMILES string of the molecule is CCC(C)NS(=O)(=O)c1cc([N+](=O)[O-])c(NN)s1. The third-order valence-corrected chi connectivity index (χ3v) is 5.37. The average molecular weight is 294 g/mol. The van der Waals surface area contributed by atoms with Crippen LogP contribution in [0.2, 0.25) is 0 Å². The molecule has 0 radical (unpaired) electrons. The fourth-order valence-electron chi connectivity index (χ4n) is 1.14. The van der Waals surface area contributed by atoms with Crippen LogP contribution in [0.25, 0.3) is 0 Å². The Morgan fingerprint density at radius 2 is 2.22 bits per heavy atom. The van der Waals surface area contributed by atoms with E-state index in [4.69, 9.17) is 5.84 Å². The highest BCUT2D eigenvalue weighted by Gasteiger charge is 2.26. The zero-order valence-corrected chi connectivity index (χ0v) is 11.5. The number of nitrogens with one attached hydrogen (secondary N) is 2. The van der Waals surface area contributed by atoms with Crippen molar-refractivity contribution >= 4 is 32.0 Å². The molecule has 0 aliphatic heterocycles. The lowest BCUT2D eigenvalue weighted by atomic mass is 10.3. The monoisotopic (exact) mass is 294 g/mol. The van der Waals surface area contributed by atoms with E-state index in [1.54, 1.807) is 6.92 Å². The lowest BCUT2D eigenvalue weighted by molar-refractivity contribution is -0.383. The molecule has 0 spiro atoms. The van der Waals surface area contributed by atoms with Gasteiger partial charge in [-0.1, -0.05) is 18.3 Å². The molecular formula is C8H14N4O4S2. The maximum Gasteiger partial charge on any atom is 0.306 e. The summed E-state index contributed by atoms with van der Waals surface area (Å²) in [6.45, 7) is 3.54. The highest BCUT2D eigenvalue weighted by atomic mass is 32.2. The van der Waals surface area contributed by atoms with Crippen molar-refractivity contribution in [1.29, 1.82) is 0 Å². The molecule has 1 atom stereocenters. The van der Waals surface area contributed by atoms with Gasteiger partial charge in [-0.3, -0.25) is 10.1 Å². The molecule has 8 nitrogen and oxygen atoms in total. The van der Waals surface area contributed by atoms with Gasteiger partial charge in [-0.25, -0.2) is 19.0 Å². The van der Waals surface area contributed by atoms with Crippen LogP contribution >= 0.6 is 11.3 Å². The molecule has 1 unspecified atom stereocenters. The van der Waals surface area contributed by atoms with Crippen molar-refractivity contribution in [3.63, 3.8) is 0 Å². The Labute approximate surface area is 108 Å². The Bertz CT molecular complexity index is 539. The molecule has 1 aromatic heterocycles.